The Morgan fingerprint density at radius 2 is 2.46 bits per heavy atom. The summed E-state index contributed by atoms with van der Waals surface area (Å²) in [5.74, 6) is 0.785. The smallest absolute Gasteiger partial charge is 0.148 e. The number of hydrogen-bond acceptors (Lipinski definition) is 4. The van der Waals surface area contributed by atoms with Crippen LogP contribution in [0.3, 0.4) is 0 Å². The average molecular weight is 181 g/mol. The van der Waals surface area contributed by atoms with Crippen molar-refractivity contribution in [3.8, 4) is 0 Å². The third-order valence-electron chi connectivity index (χ3n) is 1.68. The lowest BCUT2D eigenvalue weighted by Gasteiger charge is -2.05. The fourth-order valence-corrected chi connectivity index (χ4v) is 1.01. The predicted molar refractivity (Wildman–Crippen MR) is 51.4 cm³/mol. The summed E-state index contributed by atoms with van der Waals surface area (Å²) in [6.07, 6.45) is 3.17. The van der Waals surface area contributed by atoms with Crippen LogP contribution < -0.4 is 5.32 Å². The SMILES string of the molecule is CC(O)CCCNc1cccnn1. The van der Waals surface area contributed by atoms with Gasteiger partial charge in [0.25, 0.3) is 0 Å². The molecule has 1 atom stereocenters. The molecule has 4 nitrogen and oxygen atoms in total. The third-order valence-corrected chi connectivity index (χ3v) is 1.68. The van der Waals surface area contributed by atoms with E-state index in [2.05, 4.69) is 15.5 Å². The Morgan fingerprint density at radius 3 is 3.08 bits per heavy atom. The Hall–Kier alpha value is -1.16. The van der Waals surface area contributed by atoms with E-state index in [9.17, 15) is 0 Å². The van der Waals surface area contributed by atoms with E-state index in [1.54, 1.807) is 13.1 Å². The highest BCUT2D eigenvalue weighted by Crippen LogP contribution is 2.00. The molecule has 0 amide bonds. The third kappa shape index (κ3) is 4.42. The van der Waals surface area contributed by atoms with Crippen LogP contribution in [-0.4, -0.2) is 28.0 Å². The Balaban J connectivity index is 2.13. The van der Waals surface area contributed by atoms with E-state index < -0.39 is 0 Å². The minimum atomic E-state index is -0.219. The van der Waals surface area contributed by atoms with Crippen LogP contribution in [0, 0.1) is 0 Å². The van der Waals surface area contributed by atoms with Gasteiger partial charge in [-0.3, -0.25) is 0 Å². The summed E-state index contributed by atoms with van der Waals surface area (Å²) in [6.45, 7) is 2.62. The second kappa shape index (κ2) is 5.48. The maximum Gasteiger partial charge on any atom is 0.148 e. The summed E-state index contributed by atoms with van der Waals surface area (Å²) in [4.78, 5) is 0. The quantitative estimate of drug-likeness (QED) is 0.667. The number of hydrogen-bond donors (Lipinski definition) is 2. The van der Waals surface area contributed by atoms with Gasteiger partial charge in [-0.15, -0.1) is 5.10 Å². The van der Waals surface area contributed by atoms with Crippen molar-refractivity contribution < 1.29 is 5.11 Å². The number of anilines is 1. The summed E-state index contributed by atoms with van der Waals surface area (Å²) in [6, 6.07) is 3.71. The highest BCUT2D eigenvalue weighted by Gasteiger charge is 1.95. The Morgan fingerprint density at radius 1 is 1.62 bits per heavy atom. The molecule has 1 aromatic heterocycles. The van der Waals surface area contributed by atoms with Crippen LogP contribution in [-0.2, 0) is 0 Å². The van der Waals surface area contributed by atoms with E-state index in [-0.39, 0.29) is 6.10 Å². The summed E-state index contributed by atoms with van der Waals surface area (Å²) in [7, 11) is 0. The normalized spacial score (nSPS) is 12.5. The van der Waals surface area contributed by atoms with Crippen LogP contribution in [0.25, 0.3) is 0 Å². The number of nitrogens with zero attached hydrogens (tertiary/aromatic N) is 2. The molecule has 0 aliphatic carbocycles. The van der Waals surface area contributed by atoms with Crippen molar-refractivity contribution in [3.05, 3.63) is 18.3 Å². The molecule has 0 bridgehead atoms. The molecule has 0 spiro atoms. The maximum atomic E-state index is 8.99. The van der Waals surface area contributed by atoms with Gasteiger partial charge in [0, 0.05) is 12.7 Å². The van der Waals surface area contributed by atoms with Crippen molar-refractivity contribution in [2.45, 2.75) is 25.9 Å². The van der Waals surface area contributed by atoms with Crippen molar-refractivity contribution >= 4 is 5.82 Å². The van der Waals surface area contributed by atoms with Crippen molar-refractivity contribution in [2.24, 2.45) is 0 Å². The zero-order valence-corrected chi connectivity index (χ0v) is 7.77. The second-order valence-electron chi connectivity index (χ2n) is 3.03. The molecule has 1 aromatic rings. The number of aromatic nitrogens is 2. The van der Waals surface area contributed by atoms with Gasteiger partial charge < -0.3 is 10.4 Å². The summed E-state index contributed by atoms with van der Waals surface area (Å²) < 4.78 is 0. The molecule has 0 aromatic carbocycles. The molecule has 4 heteroatoms. The zero-order valence-electron chi connectivity index (χ0n) is 7.77. The molecular weight excluding hydrogens is 166 g/mol. The first-order chi connectivity index (χ1) is 6.29. The van der Waals surface area contributed by atoms with E-state index in [1.165, 1.54) is 0 Å². The van der Waals surface area contributed by atoms with Gasteiger partial charge in [0.15, 0.2) is 0 Å². The highest BCUT2D eigenvalue weighted by molar-refractivity contribution is 5.30. The van der Waals surface area contributed by atoms with Crippen molar-refractivity contribution in [1.29, 1.82) is 0 Å². The van der Waals surface area contributed by atoms with E-state index >= 15 is 0 Å². The van der Waals surface area contributed by atoms with Gasteiger partial charge >= 0.3 is 0 Å². The molecule has 1 heterocycles. The average Bonchev–Trinajstić information content (AvgIpc) is 2.14. The van der Waals surface area contributed by atoms with Crippen LogP contribution >= 0.6 is 0 Å². The number of aliphatic hydroxyl groups is 1. The van der Waals surface area contributed by atoms with Gasteiger partial charge in [0.2, 0.25) is 0 Å². The molecule has 0 fully saturated rings. The summed E-state index contributed by atoms with van der Waals surface area (Å²) in [5, 5.41) is 19.7. The Kier molecular flexibility index (Phi) is 4.18. The monoisotopic (exact) mass is 181 g/mol. The van der Waals surface area contributed by atoms with Crippen molar-refractivity contribution in [1.82, 2.24) is 10.2 Å². The van der Waals surface area contributed by atoms with E-state index in [0.717, 1.165) is 25.2 Å². The first-order valence-corrected chi connectivity index (χ1v) is 4.48. The molecule has 13 heavy (non-hydrogen) atoms. The minimum Gasteiger partial charge on any atom is -0.393 e. The van der Waals surface area contributed by atoms with Crippen LogP contribution in [0.15, 0.2) is 18.3 Å². The summed E-state index contributed by atoms with van der Waals surface area (Å²) >= 11 is 0. The fraction of sp³-hybridized carbons (Fsp3) is 0.556. The van der Waals surface area contributed by atoms with Crippen molar-refractivity contribution in [3.63, 3.8) is 0 Å². The second-order valence-corrected chi connectivity index (χ2v) is 3.03. The molecule has 0 saturated carbocycles. The lowest BCUT2D eigenvalue weighted by molar-refractivity contribution is 0.183. The molecule has 0 aliphatic rings. The first-order valence-electron chi connectivity index (χ1n) is 4.48. The Labute approximate surface area is 78.0 Å². The Bertz CT molecular complexity index is 226. The number of aliphatic hydroxyl groups excluding tert-OH is 1. The van der Waals surface area contributed by atoms with Crippen LogP contribution in [0.5, 0.6) is 0 Å². The van der Waals surface area contributed by atoms with Gasteiger partial charge in [-0.1, -0.05) is 0 Å². The standard InChI is InChI=1S/C9H15N3O/c1-8(13)4-2-6-10-9-5-3-7-11-12-9/h3,5,7-8,13H,2,4,6H2,1H3,(H,10,12). The van der Waals surface area contributed by atoms with E-state index in [0.29, 0.717) is 0 Å². The predicted octanol–water partition coefficient (Wildman–Crippen LogP) is 1.05. The minimum absolute atomic E-state index is 0.219. The van der Waals surface area contributed by atoms with Gasteiger partial charge in [-0.25, -0.2) is 0 Å². The van der Waals surface area contributed by atoms with Gasteiger partial charge in [-0.05, 0) is 31.9 Å². The lowest BCUT2D eigenvalue weighted by Crippen LogP contribution is -2.07. The molecule has 2 N–H and O–H groups in total. The van der Waals surface area contributed by atoms with Gasteiger partial charge in [-0.2, -0.15) is 5.10 Å². The van der Waals surface area contributed by atoms with Gasteiger partial charge in [0.05, 0.1) is 6.10 Å². The number of rotatable bonds is 5. The first kappa shape index (κ1) is 9.92. The maximum absolute atomic E-state index is 8.99. The molecule has 1 rings (SSSR count). The molecule has 0 aliphatic heterocycles. The van der Waals surface area contributed by atoms with Crippen LogP contribution in [0.1, 0.15) is 19.8 Å². The van der Waals surface area contributed by atoms with Crippen LogP contribution in [0.2, 0.25) is 0 Å². The number of nitrogens with one attached hydrogen (secondary N) is 1. The van der Waals surface area contributed by atoms with E-state index in [4.69, 9.17) is 5.11 Å². The molecule has 0 saturated heterocycles. The van der Waals surface area contributed by atoms with Crippen LogP contribution in [0.4, 0.5) is 5.82 Å². The summed E-state index contributed by atoms with van der Waals surface area (Å²) in [5.41, 5.74) is 0. The molecule has 72 valence electrons. The highest BCUT2D eigenvalue weighted by atomic mass is 16.3. The van der Waals surface area contributed by atoms with Crippen molar-refractivity contribution in [2.75, 3.05) is 11.9 Å². The largest absolute Gasteiger partial charge is 0.393 e. The molecule has 1 unspecified atom stereocenters. The molecule has 0 radical (unpaired) electrons. The fourth-order valence-electron chi connectivity index (χ4n) is 1.01. The van der Waals surface area contributed by atoms with Gasteiger partial charge in [0.1, 0.15) is 5.82 Å². The lowest BCUT2D eigenvalue weighted by atomic mass is 10.2. The van der Waals surface area contributed by atoms with E-state index in [1.807, 2.05) is 12.1 Å². The zero-order chi connectivity index (χ0) is 9.52. The molecular formula is C9H15N3O. The topological polar surface area (TPSA) is 58.0 Å².